The smallest absolute Gasteiger partial charge is 0.276 e. The van der Waals surface area contributed by atoms with Crippen LogP contribution in [0.2, 0.25) is 5.02 Å². The number of rotatable bonds is 5. The van der Waals surface area contributed by atoms with Crippen LogP contribution >= 0.6 is 11.6 Å². The van der Waals surface area contributed by atoms with Crippen LogP contribution in [0.25, 0.3) is 10.8 Å². The molecule has 0 fully saturated rings. The minimum Gasteiger partial charge on any atom is -0.507 e. The highest BCUT2D eigenvalue weighted by Gasteiger charge is 2.12. The second-order valence-electron chi connectivity index (χ2n) is 6.86. The summed E-state index contributed by atoms with van der Waals surface area (Å²) in [5.41, 5.74) is 3.11. The van der Waals surface area contributed by atoms with Gasteiger partial charge in [-0.25, -0.2) is 5.43 Å². The first kappa shape index (κ1) is 20.4. The number of hydrogen-bond donors (Lipinski definition) is 2. The number of aromatic nitrogens is 1. The third-order valence-corrected chi connectivity index (χ3v) is 5.24. The molecule has 0 aliphatic rings. The number of phenols is 1. The van der Waals surface area contributed by atoms with Crippen molar-refractivity contribution >= 4 is 34.5 Å². The molecule has 2 N–H and O–H groups in total. The van der Waals surface area contributed by atoms with Crippen molar-refractivity contribution in [3.05, 3.63) is 111 Å². The van der Waals surface area contributed by atoms with E-state index in [9.17, 15) is 14.7 Å². The number of hydrogen-bond acceptors (Lipinski definition) is 4. The number of nitrogens with one attached hydrogen (secondary N) is 1. The fourth-order valence-corrected chi connectivity index (χ4v) is 3.48. The van der Waals surface area contributed by atoms with E-state index in [1.165, 1.54) is 16.8 Å². The molecule has 0 aliphatic carbocycles. The van der Waals surface area contributed by atoms with Crippen LogP contribution in [0.15, 0.2) is 88.9 Å². The van der Waals surface area contributed by atoms with Crippen molar-refractivity contribution in [2.45, 2.75) is 6.54 Å². The van der Waals surface area contributed by atoms with Gasteiger partial charge >= 0.3 is 0 Å². The molecule has 0 atom stereocenters. The molecule has 0 saturated heterocycles. The number of carbonyl (C=O) groups is 1. The van der Waals surface area contributed by atoms with Gasteiger partial charge in [0.25, 0.3) is 11.5 Å². The lowest BCUT2D eigenvalue weighted by Crippen LogP contribution is -2.31. The quantitative estimate of drug-likeness (QED) is 0.367. The molecule has 0 bridgehead atoms. The average molecular weight is 432 g/mol. The Labute approximate surface area is 183 Å². The molecule has 7 heteroatoms. The number of phenolic OH excluding ortho intramolecular Hbond substituents is 1. The normalized spacial score (nSPS) is 11.1. The van der Waals surface area contributed by atoms with Crippen LogP contribution in [-0.2, 0) is 6.54 Å². The topological polar surface area (TPSA) is 83.7 Å². The van der Waals surface area contributed by atoms with Crippen LogP contribution in [0.5, 0.6) is 5.75 Å². The molecule has 1 heterocycles. The Kier molecular flexibility index (Phi) is 5.82. The van der Waals surface area contributed by atoms with Crippen molar-refractivity contribution in [1.82, 2.24) is 9.99 Å². The number of amides is 1. The fraction of sp³-hybridized carbons (Fsp3) is 0.0417. The maximum absolute atomic E-state index is 12.8. The van der Waals surface area contributed by atoms with Crippen molar-refractivity contribution in [2.75, 3.05) is 0 Å². The van der Waals surface area contributed by atoms with Gasteiger partial charge in [0, 0.05) is 16.8 Å². The highest BCUT2D eigenvalue weighted by molar-refractivity contribution is 6.31. The Morgan fingerprint density at radius 3 is 2.65 bits per heavy atom. The van der Waals surface area contributed by atoms with E-state index in [4.69, 9.17) is 11.6 Å². The minimum absolute atomic E-state index is 0.0403. The predicted molar refractivity (Wildman–Crippen MR) is 122 cm³/mol. The van der Waals surface area contributed by atoms with E-state index in [1.807, 2.05) is 42.5 Å². The van der Waals surface area contributed by atoms with Gasteiger partial charge in [0.1, 0.15) is 11.3 Å². The van der Waals surface area contributed by atoms with Gasteiger partial charge in [-0.2, -0.15) is 5.10 Å². The van der Waals surface area contributed by atoms with Gasteiger partial charge < -0.3 is 9.67 Å². The Morgan fingerprint density at radius 1 is 1.03 bits per heavy atom. The van der Waals surface area contributed by atoms with E-state index in [1.54, 1.807) is 30.5 Å². The monoisotopic (exact) mass is 431 g/mol. The summed E-state index contributed by atoms with van der Waals surface area (Å²) in [6, 6.07) is 21.1. The third kappa shape index (κ3) is 4.34. The van der Waals surface area contributed by atoms with E-state index < -0.39 is 11.5 Å². The molecule has 31 heavy (non-hydrogen) atoms. The highest BCUT2D eigenvalue weighted by Crippen LogP contribution is 2.25. The zero-order valence-corrected chi connectivity index (χ0v) is 17.1. The van der Waals surface area contributed by atoms with E-state index in [-0.39, 0.29) is 17.9 Å². The lowest BCUT2D eigenvalue weighted by atomic mass is 10.0. The number of nitrogens with zero attached hydrogens (tertiary/aromatic N) is 2. The van der Waals surface area contributed by atoms with E-state index in [2.05, 4.69) is 10.5 Å². The number of aromatic hydroxyl groups is 1. The molecular formula is C24H18ClN3O3. The zero-order valence-electron chi connectivity index (χ0n) is 16.3. The molecule has 3 aromatic carbocycles. The molecule has 1 amide bonds. The van der Waals surface area contributed by atoms with Gasteiger partial charge in [0.05, 0.1) is 12.8 Å². The summed E-state index contributed by atoms with van der Waals surface area (Å²) < 4.78 is 1.41. The highest BCUT2D eigenvalue weighted by atomic mass is 35.5. The molecule has 4 rings (SSSR count). The van der Waals surface area contributed by atoms with Gasteiger partial charge in [0.2, 0.25) is 0 Å². The van der Waals surface area contributed by atoms with E-state index in [0.717, 1.165) is 16.3 Å². The van der Waals surface area contributed by atoms with Gasteiger partial charge in [-0.05, 0) is 40.6 Å². The number of halogens is 1. The number of benzene rings is 3. The van der Waals surface area contributed by atoms with Gasteiger partial charge in [-0.15, -0.1) is 0 Å². The first-order valence-corrected chi connectivity index (χ1v) is 9.89. The Balaban J connectivity index is 1.56. The summed E-state index contributed by atoms with van der Waals surface area (Å²) in [6.07, 6.45) is 2.96. The zero-order chi connectivity index (χ0) is 21.8. The second kappa shape index (κ2) is 8.85. The van der Waals surface area contributed by atoms with Crippen LogP contribution in [-0.4, -0.2) is 21.8 Å². The average Bonchev–Trinajstić information content (AvgIpc) is 2.78. The van der Waals surface area contributed by atoms with E-state index >= 15 is 0 Å². The molecular weight excluding hydrogens is 414 g/mol. The molecule has 1 aromatic heterocycles. The Bertz CT molecular complexity index is 1360. The van der Waals surface area contributed by atoms with Crippen molar-refractivity contribution in [3.63, 3.8) is 0 Å². The first-order valence-electron chi connectivity index (χ1n) is 9.51. The van der Waals surface area contributed by atoms with Crippen LogP contribution < -0.4 is 11.0 Å². The second-order valence-corrected chi connectivity index (χ2v) is 7.27. The lowest BCUT2D eigenvalue weighted by Gasteiger charge is -2.09. The molecule has 6 nitrogen and oxygen atoms in total. The van der Waals surface area contributed by atoms with Crippen molar-refractivity contribution in [1.29, 1.82) is 0 Å². The number of fused-ring (bicyclic) bond motifs is 1. The minimum atomic E-state index is -0.644. The summed E-state index contributed by atoms with van der Waals surface area (Å²) in [4.78, 5) is 25.3. The summed E-state index contributed by atoms with van der Waals surface area (Å²) in [5.74, 6) is -0.604. The molecule has 0 aliphatic heterocycles. The summed E-state index contributed by atoms with van der Waals surface area (Å²) in [6.45, 7) is 0.243. The van der Waals surface area contributed by atoms with E-state index in [0.29, 0.717) is 10.6 Å². The third-order valence-electron chi connectivity index (χ3n) is 4.87. The predicted octanol–water partition coefficient (Wildman–Crippen LogP) is 4.17. The molecule has 0 spiro atoms. The molecule has 0 saturated carbocycles. The van der Waals surface area contributed by atoms with Crippen molar-refractivity contribution in [2.24, 2.45) is 5.10 Å². The maximum atomic E-state index is 12.8. The largest absolute Gasteiger partial charge is 0.507 e. The molecule has 4 aromatic rings. The standard InChI is InChI=1S/C24H18ClN3O3/c25-21-10-4-2-7-17(21)15-28-13-5-9-19(24(28)31)23(30)27-26-14-20-18-8-3-1-6-16(18)11-12-22(20)29/h1-14,29H,15H2,(H,27,30)/b26-14-. The Morgan fingerprint density at radius 2 is 1.81 bits per heavy atom. The van der Waals surface area contributed by atoms with Crippen molar-refractivity contribution < 1.29 is 9.90 Å². The van der Waals surface area contributed by atoms with Crippen LogP contribution in [0, 0.1) is 0 Å². The number of hydrazone groups is 1. The van der Waals surface area contributed by atoms with Gasteiger partial charge in [-0.1, -0.05) is 60.1 Å². The van der Waals surface area contributed by atoms with Crippen LogP contribution in [0.4, 0.5) is 0 Å². The molecule has 0 radical (unpaired) electrons. The summed E-state index contributed by atoms with van der Waals surface area (Å²) in [5, 5.41) is 16.4. The van der Waals surface area contributed by atoms with Gasteiger partial charge in [-0.3, -0.25) is 9.59 Å². The Hall–Kier alpha value is -3.90. The first-order chi connectivity index (χ1) is 15.0. The van der Waals surface area contributed by atoms with Crippen LogP contribution in [0.1, 0.15) is 21.5 Å². The van der Waals surface area contributed by atoms with Crippen LogP contribution in [0.3, 0.4) is 0 Å². The summed E-state index contributed by atoms with van der Waals surface area (Å²) >= 11 is 6.18. The number of carbonyl (C=O) groups excluding carboxylic acids is 1. The fourth-order valence-electron chi connectivity index (χ4n) is 3.28. The number of pyridine rings is 1. The SMILES string of the molecule is O=C(N/N=C\c1c(O)ccc2ccccc12)c1cccn(Cc2ccccc2Cl)c1=O. The molecule has 154 valence electrons. The van der Waals surface area contributed by atoms with Gasteiger partial charge in [0.15, 0.2) is 0 Å². The molecule has 0 unspecified atom stereocenters. The summed E-state index contributed by atoms with van der Waals surface area (Å²) in [7, 11) is 0. The van der Waals surface area contributed by atoms with Crippen molar-refractivity contribution in [3.8, 4) is 5.75 Å². The lowest BCUT2D eigenvalue weighted by molar-refractivity contribution is 0.0953. The maximum Gasteiger partial charge on any atom is 0.276 e.